The monoisotopic (exact) mass is 390 g/mol. The Labute approximate surface area is 159 Å². The molecule has 0 radical (unpaired) electrons. The van der Waals surface area contributed by atoms with Crippen molar-refractivity contribution in [2.75, 3.05) is 10.6 Å². The lowest BCUT2D eigenvalue weighted by atomic mass is 10.2. The third kappa shape index (κ3) is 4.09. The fourth-order valence-electron chi connectivity index (χ4n) is 2.15. The van der Waals surface area contributed by atoms with E-state index in [2.05, 4.69) is 20.6 Å². The van der Waals surface area contributed by atoms with Gasteiger partial charge in [0.15, 0.2) is 0 Å². The molecule has 3 rings (SSSR count). The summed E-state index contributed by atoms with van der Waals surface area (Å²) in [6, 6.07) is 9.42. The van der Waals surface area contributed by atoms with Gasteiger partial charge >= 0.3 is 0 Å². The first-order valence-corrected chi connectivity index (χ1v) is 8.30. The number of nitrogens with zero attached hydrogens (tertiary/aromatic N) is 2. The second-order valence-electron chi connectivity index (χ2n) is 5.42. The molecule has 1 aromatic heterocycles. The molecule has 26 heavy (non-hydrogen) atoms. The summed E-state index contributed by atoms with van der Waals surface area (Å²) in [4.78, 5) is 20.5. The molecule has 0 spiro atoms. The van der Waals surface area contributed by atoms with Crippen LogP contribution >= 0.6 is 23.2 Å². The van der Waals surface area contributed by atoms with Crippen molar-refractivity contribution in [1.29, 1.82) is 0 Å². The van der Waals surface area contributed by atoms with E-state index in [1.54, 1.807) is 18.2 Å². The summed E-state index contributed by atoms with van der Waals surface area (Å²) in [7, 11) is 0. The van der Waals surface area contributed by atoms with E-state index in [1.165, 1.54) is 30.6 Å². The molecule has 0 aliphatic rings. The number of aromatic nitrogens is 2. The molecule has 3 aromatic rings. The number of carbonyl (C=O) groups excluding carboxylic acids is 1. The van der Waals surface area contributed by atoms with E-state index in [4.69, 9.17) is 23.2 Å². The molecule has 1 amide bonds. The second-order valence-corrected chi connectivity index (χ2v) is 6.23. The first-order chi connectivity index (χ1) is 12.4. The van der Waals surface area contributed by atoms with Crippen LogP contribution in [0, 0.1) is 12.7 Å². The number of rotatable bonds is 4. The smallest absolute Gasteiger partial charge is 0.258 e. The molecule has 0 aliphatic heterocycles. The Balaban J connectivity index is 1.71. The van der Waals surface area contributed by atoms with Crippen LogP contribution in [0.25, 0.3) is 0 Å². The van der Waals surface area contributed by atoms with Crippen molar-refractivity contribution < 1.29 is 9.18 Å². The van der Waals surface area contributed by atoms with Crippen LogP contribution in [0.3, 0.4) is 0 Å². The van der Waals surface area contributed by atoms with Crippen LogP contribution in [0.1, 0.15) is 15.9 Å². The Morgan fingerprint density at radius 1 is 1.08 bits per heavy atom. The minimum atomic E-state index is -0.513. The molecular weight excluding hydrogens is 378 g/mol. The Morgan fingerprint density at radius 3 is 2.50 bits per heavy atom. The fourth-order valence-corrected chi connectivity index (χ4v) is 2.51. The van der Waals surface area contributed by atoms with Crippen LogP contribution < -0.4 is 10.6 Å². The summed E-state index contributed by atoms with van der Waals surface area (Å²) in [5, 5.41) is 6.20. The van der Waals surface area contributed by atoms with Crippen LogP contribution in [-0.4, -0.2) is 15.9 Å². The quantitative estimate of drug-likeness (QED) is 0.640. The maximum atomic E-state index is 13.2. The molecule has 0 saturated carbocycles. The molecule has 0 bridgehead atoms. The largest absolute Gasteiger partial charge is 0.324 e. The molecule has 5 nitrogen and oxygen atoms in total. The third-order valence-corrected chi connectivity index (χ3v) is 4.30. The van der Waals surface area contributed by atoms with E-state index in [0.29, 0.717) is 16.4 Å². The first kappa shape index (κ1) is 18.1. The van der Waals surface area contributed by atoms with E-state index in [0.717, 1.165) is 5.56 Å². The molecule has 0 fully saturated rings. The maximum Gasteiger partial charge on any atom is 0.258 e. The maximum absolute atomic E-state index is 13.2. The highest BCUT2D eigenvalue weighted by molar-refractivity contribution is 6.32. The molecule has 0 aliphatic carbocycles. The highest BCUT2D eigenvalue weighted by Gasteiger charge is 2.11. The Bertz CT molecular complexity index is 964. The topological polar surface area (TPSA) is 66.9 Å². The van der Waals surface area contributed by atoms with Gasteiger partial charge in [-0.05, 0) is 42.8 Å². The van der Waals surface area contributed by atoms with E-state index in [1.807, 2.05) is 6.92 Å². The van der Waals surface area contributed by atoms with Gasteiger partial charge < -0.3 is 10.6 Å². The van der Waals surface area contributed by atoms with Gasteiger partial charge in [0.1, 0.15) is 5.82 Å². The summed E-state index contributed by atoms with van der Waals surface area (Å²) in [6.07, 6.45) is 2.77. The number of halogens is 3. The SMILES string of the molecule is Cc1c(Cl)cccc1NC(=O)c1cnc(Nc2ccc(F)c(Cl)c2)nc1. The molecule has 0 unspecified atom stereocenters. The van der Waals surface area contributed by atoms with Gasteiger partial charge in [0, 0.05) is 28.8 Å². The third-order valence-electron chi connectivity index (χ3n) is 3.61. The second kappa shape index (κ2) is 7.68. The van der Waals surface area contributed by atoms with E-state index in [9.17, 15) is 9.18 Å². The summed E-state index contributed by atoms with van der Waals surface area (Å²) >= 11 is 11.8. The predicted molar refractivity (Wildman–Crippen MR) is 101 cm³/mol. The minimum Gasteiger partial charge on any atom is -0.324 e. The number of hydrogen-bond acceptors (Lipinski definition) is 4. The summed E-state index contributed by atoms with van der Waals surface area (Å²) < 4.78 is 13.2. The molecule has 8 heteroatoms. The molecule has 1 heterocycles. The van der Waals surface area contributed by atoms with Crippen molar-refractivity contribution in [2.45, 2.75) is 6.92 Å². The highest BCUT2D eigenvalue weighted by Crippen LogP contribution is 2.24. The van der Waals surface area contributed by atoms with Gasteiger partial charge in [0.05, 0.1) is 10.6 Å². The number of carbonyl (C=O) groups is 1. The van der Waals surface area contributed by atoms with Crippen LogP contribution in [0.4, 0.5) is 21.7 Å². The Hall–Kier alpha value is -2.70. The van der Waals surface area contributed by atoms with Gasteiger partial charge in [-0.25, -0.2) is 14.4 Å². The van der Waals surface area contributed by atoms with E-state index >= 15 is 0 Å². The average Bonchev–Trinajstić information content (AvgIpc) is 2.63. The Morgan fingerprint density at radius 2 is 1.81 bits per heavy atom. The Kier molecular flexibility index (Phi) is 5.35. The van der Waals surface area contributed by atoms with E-state index < -0.39 is 5.82 Å². The van der Waals surface area contributed by atoms with Gasteiger partial charge in [-0.1, -0.05) is 29.3 Å². The predicted octanol–water partition coefficient (Wildman–Crippen LogP) is 5.23. The van der Waals surface area contributed by atoms with Crippen molar-refractivity contribution in [3.63, 3.8) is 0 Å². The zero-order chi connectivity index (χ0) is 18.7. The molecular formula is C18H13Cl2FN4O. The lowest BCUT2D eigenvalue weighted by Gasteiger charge is -2.10. The molecule has 132 valence electrons. The minimum absolute atomic E-state index is 0.0112. The van der Waals surface area contributed by atoms with Gasteiger partial charge in [0.2, 0.25) is 5.95 Å². The summed E-state index contributed by atoms with van der Waals surface area (Å²) in [5.74, 6) is -0.614. The summed E-state index contributed by atoms with van der Waals surface area (Å²) in [5.41, 5.74) is 2.20. The van der Waals surface area contributed by atoms with Crippen molar-refractivity contribution in [1.82, 2.24) is 9.97 Å². The number of amides is 1. The molecule has 2 N–H and O–H groups in total. The van der Waals surface area contributed by atoms with Crippen LogP contribution in [0.15, 0.2) is 48.8 Å². The first-order valence-electron chi connectivity index (χ1n) is 7.54. The van der Waals surface area contributed by atoms with Gasteiger partial charge in [-0.2, -0.15) is 0 Å². The van der Waals surface area contributed by atoms with Gasteiger partial charge in [0.25, 0.3) is 5.91 Å². The number of anilines is 3. The van der Waals surface area contributed by atoms with Crippen molar-refractivity contribution in [3.05, 3.63) is 75.8 Å². The average molecular weight is 391 g/mol. The van der Waals surface area contributed by atoms with Gasteiger partial charge in [-0.3, -0.25) is 4.79 Å². The lowest BCUT2D eigenvalue weighted by molar-refractivity contribution is 0.102. The van der Waals surface area contributed by atoms with Crippen molar-refractivity contribution >= 4 is 46.4 Å². The molecule has 0 atom stereocenters. The van der Waals surface area contributed by atoms with E-state index in [-0.39, 0.29) is 22.4 Å². The molecule has 0 saturated heterocycles. The van der Waals surface area contributed by atoms with Crippen LogP contribution in [0.2, 0.25) is 10.0 Å². The summed E-state index contributed by atoms with van der Waals surface area (Å²) in [6.45, 7) is 1.81. The van der Waals surface area contributed by atoms with Crippen LogP contribution in [-0.2, 0) is 0 Å². The van der Waals surface area contributed by atoms with Gasteiger partial charge in [-0.15, -0.1) is 0 Å². The fraction of sp³-hybridized carbons (Fsp3) is 0.0556. The van der Waals surface area contributed by atoms with Crippen LogP contribution in [0.5, 0.6) is 0 Å². The number of nitrogens with one attached hydrogen (secondary N) is 2. The standard InChI is InChI=1S/C18H13Cl2FN4O/c1-10-13(19)3-2-4-16(10)25-17(26)11-8-22-18(23-9-11)24-12-5-6-15(21)14(20)7-12/h2-9H,1H3,(H,25,26)(H,22,23,24). The highest BCUT2D eigenvalue weighted by atomic mass is 35.5. The molecule has 2 aromatic carbocycles. The number of hydrogen-bond donors (Lipinski definition) is 2. The number of benzene rings is 2. The zero-order valence-electron chi connectivity index (χ0n) is 13.6. The van der Waals surface area contributed by atoms with Crippen molar-refractivity contribution in [2.24, 2.45) is 0 Å². The lowest BCUT2D eigenvalue weighted by Crippen LogP contribution is -2.14. The normalized spacial score (nSPS) is 10.5. The zero-order valence-corrected chi connectivity index (χ0v) is 15.1. The van der Waals surface area contributed by atoms with Crippen molar-refractivity contribution in [3.8, 4) is 0 Å².